The molecule has 0 N–H and O–H groups in total. The summed E-state index contributed by atoms with van der Waals surface area (Å²) in [6, 6.07) is 10.7. The average Bonchev–Trinajstić information content (AvgIpc) is 3.17. The maximum Gasteiger partial charge on any atom is 0.276 e. The molecule has 154 valence electrons. The van der Waals surface area contributed by atoms with Crippen LogP contribution < -0.4 is 9.47 Å². The summed E-state index contributed by atoms with van der Waals surface area (Å²) in [6.07, 6.45) is 6.71. The summed E-state index contributed by atoms with van der Waals surface area (Å²) in [5, 5.41) is 0. The van der Waals surface area contributed by atoms with Gasteiger partial charge >= 0.3 is 0 Å². The molecule has 3 rings (SSSR count). The van der Waals surface area contributed by atoms with Crippen molar-refractivity contribution >= 4 is 15.7 Å². The number of hydrogen-bond donors (Lipinski definition) is 0. The molecule has 1 aliphatic rings. The molecule has 0 saturated carbocycles. The van der Waals surface area contributed by atoms with E-state index >= 15 is 0 Å². The molecule has 7 nitrogen and oxygen atoms in total. The molecule has 1 amide bonds. The fraction of sp³-hybridized carbons (Fsp3) is 0.333. The Hall–Kier alpha value is -2.87. The molecule has 0 aliphatic carbocycles. The molecule has 0 fully saturated rings. The molecular weight excluding hydrogens is 392 g/mol. The first-order chi connectivity index (χ1) is 13.8. The van der Waals surface area contributed by atoms with E-state index < -0.39 is 15.3 Å². The number of pyridine rings is 1. The van der Waals surface area contributed by atoms with Crippen LogP contribution in [-0.4, -0.2) is 57.0 Å². The van der Waals surface area contributed by atoms with E-state index in [1.165, 1.54) is 6.26 Å². The highest BCUT2D eigenvalue weighted by atomic mass is 32.2. The first-order valence-electron chi connectivity index (χ1n) is 9.09. The van der Waals surface area contributed by atoms with Crippen LogP contribution in [0.2, 0.25) is 0 Å². The topological polar surface area (TPSA) is 85.8 Å². The summed E-state index contributed by atoms with van der Waals surface area (Å²) in [5.41, 5.74) is 0.530. The molecule has 2 aromatic rings. The molecule has 1 aromatic carbocycles. The zero-order chi connectivity index (χ0) is 21.1. The van der Waals surface area contributed by atoms with Crippen LogP contribution in [-0.2, 0) is 15.3 Å². The molecule has 1 unspecified atom stereocenters. The average molecular weight is 416 g/mol. The lowest BCUT2D eigenvalue weighted by atomic mass is 9.79. The van der Waals surface area contributed by atoms with Gasteiger partial charge < -0.3 is 14.4 Å². The Bertz CT molecular complexity index is 1020. The van der Waals surface area contributed by atoms with E-state index in [2.05, 4.69) is 4.98 Å². The highest BCUT2D eigenvalue weighted by molar-refractivity contribution is 7.90. The summed E-state index contributed by atoms with van der Waals surface area (Å²) in [6.45, 7) is 0.313. The SMILES string of the molecule is COc1ccc(C2(CCS(C)(=O)=O)C=CN(C(=O)c3ccccn3)C2)cc1OC. The van der Waals surface area contributed by atoms with Crippen molar-refractivity contribution in [3.63, 3.8) is 0 Å². The number of carbonyl (C=O) groups excluding carboxylic acids is 1. The highest BCUT2D eigenvalue weighted by Crippen LogP contribution is 2.40. The summed E-state index contributed by atoms with van der Waals surface area (Å²) in [5.74, 6) is 0.894. The number of nitrogens with zero attached hydrogens (tertiary/aromatic N) is 2. The molecule has 0 spiro atoms. The zero-order valence-electron chi connectivity index (χ0n) is 16.7. The quantitative estimate of drug-likeness (QED) is 0.689. The van der Waals surface area contributed by atoms with Crippen LogP contribution >= 0.6 is 0 Å². The van der Waals surface area contributed by atoms with Crippen molar-refractivity contribution < 1.29 is 22.7 Å². The van der Waals surface area contributed by atoms with E-state index in [9.17, 15) is 13.2 Å². The molecule has 0 saturated heterocycles. The first kappa shape index (κ1) is 20.9. The summed E-state index contributed by atoms with van der Waals surface area (Å²) < 4.78 is 34.4. The minimum absolute atomic E-state index is 0.00268. The minimum Gasteiger partial charge on any atom is -0.493 e. The van der Waals surface area contributed by atoms with E-state index in [4.69, 9.17) is 9.47 Å². The molecule has 0 bridgehead atoms. The standard InChI is InChI=1S/C21H24N2O5S/c1-27-18-8-7-16(14-19(18)28-2)21(10-13-29(3,25)26)9-12-23(15-21)20(24)17-6-4-5-11-22-17/h4-9,11-12,14H,10,13,15H2,1-3H3. The van der Waals surface area contributed by atoms with E-state index in [-0.39, 0.29) is 11.7 Å². The van der Waals surface area contributed by atoms with E-state index in [0.717, 1.165) is 5.56 Å². The van der Waals surface area contributed by atoms with Crippen molar-refractivity contribution in [2.24, 2.45) is 0 Å². The Morgan fingerprint density at radius 2 is 1.93 bits per heavy atom. The van der Waals surface area contributed by atoms with Crippen molar-refractivity contribution in [3.8, 4) is 11.5 Å². The van der Waals surface area contributed by atoms with Gasteiger partial charge in [-0.25, -0.2) is 8.42 Å². The molecule has 8 heteroatoms. The van der Waals surface area contributed by atoms with Gasteiger partial charge in [-0.2, -0.15) is 0 Å². The lowest BCUT2D eigenvalue weighted by Crippen LogP contribution is -2.36. The van der Waals surface area contributed by atoms with Crippen molar-refractivity contribution in [1.29, 1.82) is 0 Å². The number of methoxy groups -OCH3 is 2. The number of amides is 1. The van der Waals surface area contributed by atoms with Crippen LogP contribution in [0, 0.1) is 0 Å². The highest BCUT2D eigenvalue weighted by Gasteiger charge is 2.39. The molecule has 1 aromatic heterocycles. The second kappa shape index (κ2) is 8.24. The molecule has 0 radical (unpaired) electrons. The van der Waals surface area contributed by atoms with Crippen molar-refractivity contribution in [2.75, 3.05) is 32.8 Å². The van der Waals surface area contributed by atoms with E-state index in [1.54, 1.807) is 55.8 Å². The second-order valence-electron chi connectivity index (χ2n) is 7.07. The maximum absolute atomic E-state index is 12.8. The van der Waals surface area contributed by atoms with Crippen LogP contribution in [0.3, 0.4) is 0 Å². The number of carbonyl (C=O) groups is 1. The Labute approximate surface area is 170 Å². The van der Waals surface area contributed by atoms with Gasteiger partial charge in [0.25, 0.3) is 5.91 Å². The first-order valence-corrected chi connectivity index (χ1v) is 11.2. The van der Waals surface area contributed by atoms with Crippen molar-refractivity contribution in [3.05, 3.63) is 66.1 Å². The number of sulfone groups is 1. The molecule has 2 heterocycles. The van der Waals surface area contributed by atoms with Gasteiger partial charge in [-0.15, -0.1) is 0 Å². The maximum atomic E-state index is 12.8. The van der Waals surface area contributed by atoms with Crippen molar-refractivity contribution in [2.45, 2.75) is 11.8 Å². The van der Waals surface area contributed by atoms with Gasteiger partial charge in [-0.1, -0.05) is 18.2 Å². The van der Waals surface area contributed by atoms with Crippen LogP contribution in [0.1, 0.15) is 22.5 Å². The third kappa shape index (κ3) is 4.59. The molecule has 1 atom stereocenters. The van der Waals surface area contributed by atoms with Crippen LogP contribution in [0.15, 0.2) is 54.9 Å². The lowest BCUT2D eigenvalue weighted by molar-refractivity contribution is 0.0812. The van der Waals surface area contributed by atoms with E-state index in [0.29, 0.717) is 30.2 Å². The number of rotatable bonds is 7. The van der Waals surface area contributed by atoms with Crippen LogP contribution in [0.25, 0.3) is 0 Å². The number of aromatic nitrogens is 1. The monoisotopic (exact) mass is 416 g/mol. The Kier molecular flexibility index (Phi) is 5.93. The van der Waals surface area contributed by atoms with Crippen LogP contribution in [0.4, 0.5) is 0 Å². The van der Waals surface area contributed by atoms with E-state index in [1.807, 2.05) is 18.2 Å². The van der Waals surface area contributed by atoms with Gasteiger partial charge in [0.1, 0.15) is 15.5 Å². The Balaban J connectivity index is 1.96. The normalized spacial score (nSPS) is 18.7. The van der Waals surface area contributed by atoms with Gasteiger partial charge in [0.05, 0.1) is 20.0 Å². The van der Waals surface area contributed by atoms with Gasteiger partial charge in [-0.05, 0) is 36.2 Å². The smallest absolute Gasteiger partial charge is 0.276 e. The van der Waals surface area contributed by atoms with Crippen LogP contribution in [0.5, 0.6) is 11.5 Å². The van der Waals surface area contributed by atoms with Crippen molar-refractivity contribution in [1.82, 2.24) is 9.88 Å². The summed E-state index contributed by atoms with van der Waals surface area (Å²) in [7, 11) is -0.0787. The minimum atomic E-state index is -3.18. The largest absolute Gasteiger partial charge is 0.493 e. The predicted octanol–water partition coefficient (Wildman–Crippen LogP) is 2.44. The van der Waals surface area contributed by atoms with Gasteiger partial charge in [0, 0.05) is 30.6 Å². The Morgan fingerprint density at radius 3 is 2.55 bits per heavy atom. The molecule has 1 aliphatic heterocycles. The lowest BCUT2D eigenvalue weighted by Gasteiger charge is -2.30. The second-order valence-corrected chi connectivity index (χ2v) is 9.33. The predicted molar refractivity (Wildman–Crippen MR) is 110 cm³/mol. The number of benzene rings is 1. The fourth-order valence-corrected chi connectivity index (χ4v) is 4.16. The van der Waals surface area contributed by atoms with Gasteiger partial charge in [0.2, 0.25) is 0 Å². The van der Waals surface area contributed by atoms with Gasteiger partial charge in [0.15, 0.2) is 11.5 Å². The number of hydrogen-bond acceptors (Lipinski definition) is 6. The number of ether oxygens (including phenoxy) is 2. The Morgan fingerprint density at radius 1 is 1.17 bits per heavy atom. The van der Waals surface area contributed by atoms with Gasteiger partial charge in [-0.3, -0.25) is 9.78 Å². The molecular formula is C21H24N2O5S. The summed E-state index contributed by atoms with van der Waals surface area (Å²) in [4.78, 5) is 18.5. The summed E-state index contributed by atoms with van der Waals surface area (Å²) >= 11 is 0. The fourth-order valence-electron chi connectivity index (χ4n) is 3.43. The zero-order valence-corrected chi connectivity index (χ0v) is 17.5. The third-order valence-electron chi connectivity index (χ3n) is 5.05. The molecule has 29 heavy (non-hydrogen) atoms. The third-order valence-corrected chi connectivity index (χ3v) is 5.99.